The largest absolute Gasteiger partial charge is 0.0636 e. The van der Waals surface area contributed by atoms with Gasteiger partial charge in [0.25, 0.3) is 0 Å². The van der Waals surface area contributed by atoms with Gasteiger partial charge in [0.15, 0.2) is 0 Å². The van der Waals surface area contributed by atoms with Gasteiger partial charge in [-0.3, -0.25) is 0 Å². The van der Waals surface area contributed by atoms with E-state index in [0.717, 1.165) is 71.6 Å². The van der Waals surface area contributed by atoms with E-state index in [4.69, 9.17) is 0 Å². The monoisotopic (exact) mass is 650 g/mol. The zero-order valence-corrected chi connectivity index (χ0v) is 28.4. The number of hydrogen-bond acceptors (Lipinski definition) is 0. The summed E-state index contributed by atoms with van der Waals surface area (Å²) < 4.78 is 38.3. The highest BCUT2D eigenvalue weighted by Crippen LogP contribution is 2.58. The average Bonchev–Trinajstić information content (AvgIpc) is 3.54. The van der Waals surface area contributed by atoms with Gasteiger partial charge < -0.3 is 0 Å². The van der Waals surface area contributed by atoms with Gasteiger partial charge in [0.1, 0.15) is 0 Å². The fourth-order valence-corrected chi connectivity index (χ4v) is 9.21. The highest BCUT2D eigenvalue weighted by atomic mass is 14.4. The third-order valence-electron chi connectivity index (χ3n) is 11.4. The van der Waals surface area contributed by atoms with E-state index in [1.54, 1.807) is 0 Å². The molecule has 0 amide bonds. The Bertz CT molecular complexity index is 3150. The second kappa shape index (κ2) is 10.4. The molecule has 0 radical (unpaired) electrons. The molecule has 0 bridgehead atoms. The van der Waals surface area contributed by atoms with Gasteiger partial charge in [-0.15, -0.1) is 0 Å². The van der Waals surface area contributed by atoms with Crippen LogP contribution >= 0.6 is 0 Å². The third kappa shape index (κ3) is 3.91. The van der Waals surface area contributed by atoms with Crippen molar-refractivity contribution >= 4 is 32.3 Å². The normalized spacial score (nSPS) is 14.5. The SMILES string of the molecule is [2H]c1c([2H])c(-c2ccc3c(c2)-c2cccc4cccc(c24)C3(C)C)c([2H])c(-c2c3c(c(-c4ccccc4)c4ccccc24)-c2cccc4cccc-3c24)c1[2H]. The molecule has 0 atom stereocenters. The summed E-state index contributed by atoms with van der Waals surface area (Å²) in [5.74, 6) is 0. The third-order valence-corrected chi connectivity index (χ3v) is 11.4. The molecule has 0 fully saturated rings. The summed E-state index contributed by atoms with van der Waals surface area (Å²) in [6, 6.07) is 50.6. The standard InChI is InChI=1S/C51H34/c1-51(2)43-28-27-35(30-42(43)39-23-9-17-32-18-12-26-44(51)46(32)39)34-19-8-20-36(29-34)48-38-22-7-6-21-37(38)47(33-13-4-3-5-14-33)49-40-24-10-15-31-16-11-25-41(45(31)40)50(48)49/h3-30H,1-2H3/i8D,19D,20D,29D. The first kappa shape index (κ1) is 24.8. The van der Waals surface area contributed by atoms with Crippen LogP contribution in [0.5, 0.6) is 0 Å². The molecule has 9 aromatic carbocycles. The second-order valence-corrected chi connectivity index (χ2v) is 14.5. The summed E-state index contributed by atoms with van der Waals surface area (Å²) in [6.45, 7) is 4.53. The number of benzene rings is 9. The highest BCUT2D eigenvalue weighted by molar-refractivity contribution is 6.27. The van der Waals surface area contributed by atoms with Crippen LogP contribution in [0.15, 0.2) is 170 Å². The van der Waals surface area contributed by atoms with Crippen LogP contribution in [-0.2, 0) is 5.41 Å². The van der Waals surface area contributed by atoms with Gasteiger partial charge in [-0.2, -0.15) is 0 Å². The zero-order valence-electron chi connectivity index (χ0n) is 32.4. The van der Waals surface area contributed by atoms with Crippen LogP contribution in [0.25, 0.3) is 99.1 Å². The Morgan fingerprint density at radius 1 is 0.412 bits per heavy atom. The molecule has 0 saturated heterocycles. The molecule has 2 aliphatic rings. The van der Waals surface area contributed by atoms with Gasteiger partial charge in [-0.1, -0.05) is 172 Å². The first-order valence-electron chi connectivity index (χ1n) is 19.7. The lowest BCUT2D eigenvalue weighted by molar-refractivity contribution is 0.645. The predicted molar refractivity (Wildman–Crippen MR) is 217 cm³/mol. The Morgan fingerprint density at radius 2 is 1.00 bits per heavy atom. The molecule has 238 valence electrons. The molecule has 9 aromatic rings. The number of fused-ring (bicyclic) bond motifs is 6. The highest BCUT2D eigenvalue weighted by Gasteiger charge is 2.34. The molecule has 0 N–H and O–H groups in total. The first-order valence-corrected chi connectivity index (χ1v) is 17.7. The molecule has 2 aliphatic carbocycles. The molecule has 0 nitrogen and oxygen atoms in total. The molecule has 0 heteroatoms. The lowest BCUT2D eigenvalue weighted by Gasteiger charge is -2.35. The molecule has 0 spiro atoms. The van der Waals surface area contributed by atoms with E-state index in [1.165, 1.54) is 21.9 Å². The summed E-state index contributed by atoms with van der Waals surface area (Å²) in [5.41, 5.74) is 13.1. The van der Waals surface area contributed by atoms with Gasteiger partial charge in [0, 0.05) is 5.41 Å². The van der Waals surface area contributed by atoms with E-state index < -0.39 is 0 Å². The van der Waals surface area contributed by atoms with Crippen molar-refractivity contribution in [2.75, 3.05) is 0 Å². The molecule has 0 saturated carbocycles. The minimum absolute atomic E-state index is 0.0976. The Kier molecular flexibility index (Phi) is 5.06. The molecule has 0 heterocycles. The van der Waals surface area contributed by atoms with E-state index in [1.807, 2.05) is 18.2 Å². The Balaban J connectivity index is 1.25. The Hall–Kier alpha value is -6.24. The minimum Gasteiger partial charge on any atom is -0.0622 e. The molecule has 0 aromatic heterocycles. The molecular weight excluding hydrogens is 613 g/mol. The summed E-state index contributed by atoms with van der Waals surface area (Å²) in [6.07, 6.45) is 0. The fourth-order valence-electron chi connectivity index (χ4n) is 9.21. The van der Waals surface area contributed by atoms with E-state index in [0.29, 0.717) is 16.7 Å². The fraction of sp³-hybridized carbons (Fsp3) is 0.0588. The van der Waals surface area contributed by atoms with Crippen molar-refractivity contribution in [3.8, 4) is 66.8 Å². The Morgan fingerprint density at radius 3 is 1.71 bits per heavy atom. The molecule has 0 unspecified atom stereocenters. The zero-order chi connectivity index (χ0) is 37.3. The molecule has 51 heavy (non-hydrogen) atoms. The van der Waals surface area contributed by atoms with Crippen molar-refractivity contribution in [3.63, 3.8) is 0 Å². The van der Waals surface area contributed by atoms with Crippen molar-refractivity contribution in [3.05, 3.63) is 181 Å². The first-order chi connectivity index (χ1) is 26.8. The van der Waals surface area contributed by atoms with Gasteiger partial charge in [0.2, 0.25) is 0 Å². The summed E-state index contributed by atoms with van der Waals surface area (Å²) in [4.78, 5) is 0. The maximum Gasteiger partial charge on any atom is 0.0636 e. The van der Waals surface area contributed by atoms with Crippen molar-refractivity contribution in [1.82, 2.24) is 0 Å². The minimum atomic E-state index is -0.262. The topological polar surface area (TPSA) is 0 Å². The maximum absolute atomic E-state index is 10.1. The van der Waals surface area contributed by atoms with Gasteiger partial charge in [0.05, 0.1) is 5.48 Å². The van der Waals surface area contributed by atoms with Gasteiger partial charge in [-0.05, 0) is 122 Å². The van der Waals surface area contributed by atoms with Crippen LogP contribution in [0.2, 0.25) is 0 Å². The van der Waals surface area contributed by atoms with Crippen LogP contribution in [-0.4, -0.2) is 0 Å². The lowest BCUT2D eigenvalue weighted by Crippen LogP contribution is -2.23. The summed E-state index contributed by atoms with van der Waals surface area (Å²) in [7, 11) is 0. The van der Waals surface area contributed by atoms with Crippen molar-refractivity contribution in [1.29, 1.82) is 0 Å². The van der Waals surface area contributed by atoms with Gasteiger partial charge in [-0.25, -0.2) is 0 Å². The average molecular weight is 651 g/mol. The van der Waals surface area contributed by atoms with Crippen LogP contribution < -0.4 is 0 Å². The maximum atomic E-state index is 10.1. The quantitative estimate of drug-likeness (QED) is 0.178. The van der Waals surface area contributed by atoms with Crippen LogP contribution in [0.1, 0.15) is 30.5 Å². The van der Waals surface area contributed by atoms with Gasteiger partial charge >= 0.3 is 0 Å². The molecule has 0 aliphatic heterocycles. The van der Waals surface area contributed by atoms with E-state index in [2.05, 4.69) is 141 Å². The summed E-state index contributed by atoms with van der Waals surface area (Å²) in [5, 5.41) is 6.65. The van der Waals surface area contributed by atoms with Crippen molar-refractivity contribution in [2.45, 2.75) is 19.3 Å². The number of hydrogen-bond donors (Lipinski definition) is 0. The van der Waals surface area contributed by atoms with Crippen molar-refractivity contribution < 1.29 is 5.48 Å². The molecular formula is C51H34. The summed E-state index contributed by atoms with van der Waals surface area (Å²) >= 11 is 0. The van der Waals surface area contributed by atoms with Crippen LogP contribution in [0, 0.1) is 0 Å². The van der Waals surface area contributed by atoms with E-state index in [9.17, 15) is 5.48 Å². The van der Waals surface area contributed by atoms with Crippen LogP contribution in [0.3, 0.4) is 0 Å². The molecule has 11 rings (SSSR count). The van der Waals surface area contributed by atoms with E-state index in [-0.39, 0.29) is 29.6 Å². The van der Waals surface area contributed by atoms with Crippen molar-refractivity contribution in [2.24, 2.45) is 0 Å². The smallest absolute Gasteiger partial charge is 0.0622 e. The Labute approximate surface area is 303 Å². The second-order valence-electron chi connectivity index (χ2n) is 14.5. The van der Waals surface area contributed by atoms with E-state index >= 15 is 0 Å². The predicted octanol–water partition coefficient (Wildman–Crippen LogP) is 14.1. The number of rotatable bonds is 3. The lowest BCUT2D eigenvalue weighted by atomic mass is 9.68. The van der Waals surface area contributed by atoms with Crippen LogP contribution in [0.4, 0.5) is 0 Å².